The molecule has 1 unspecified atom stereocenters. The number of benzene rings is 2. The molecule has 3 aromatic rings. The van der Waals surface area contributed by atoms with Crippen LogP contribution in [0, 0.1) is 0 Å². The molecule has 8 heteroatoms. The summed E-state index contributed by atoms with van der Waals surface area (Å²) in [5.41, 5.74) is 1.35. The van der Waals surface area contributed by atoms with Gasteiger partial charge in [0.1, 0.15) is 6.04 Å². The Kier molecular flexibility index (Phi) is 5.55. The van der Waals surface area contributed by atoms with Crippen molar-refractivity contribution in [3.8, 4) is 0 Å². The van der Waals surface area contributed by atoms with Gasteiger partial charge in [0.25, 0.3) is 5.91 Å². The van der Waals surface area contributed by atoms with Crippen LogP contribution in [0.25, 0.3) is 0 Å². The molecular formula is C20H19ClN4O3. The number of morpholine rings is 1. The van der Waals surface area contributed by atoms with E-state index in [9.17, 15) is 4.79 Å². The maximum atomic E-state index is 12.8. The molecule has 0 saturated carbocycles. The second-order valence-corrected chi connectivity index (χ2v) is 6.78. The van der Waals surface area contributed by atoms with Crippen molar-refractivity contribution < 1.29 is 13.9 Å². The second-order valence-electron chi connectivity index (χ2n) is 6.35. The monoisotopic (exact) mass is 398 g/mol. The van der Waals surface area contributed by atoms with Crippen molar-refractivity contribution in [2.75, 3.05) is 31.2 Å². The molecule has 1 atom stereocenters. The standard InChI is InChI=1S/C20H19ClN4O3/c21-16-8-6-15(7-9-16)18(26)22-17(14-4-2-1-3-5-14)19-23-24-20(28-19)25-10-12-27-13-11-25/h1-9,17H,10-13H2,(H,22,26). The number of nitrogens with zero attached hydrogens (tertiary/aromatic N) is 3. The average Bonchev–Trinajstić information content (AvgIpc) is 3.23. The van der Waals surface area contributed by atoms with Crippen molar-refractivity contribution in [2.45, 2.75) is 6.04 Å². The molecule has 2 aromatic carbocycles. The molecule has 7 nitrogen and oxygen atoms in total. The minimum absolute atomic E-state index is 0.253. The molecule has 0 aliphatic carbocycles. The molecule has 2 heterocycles. The van der Waals surface area contributed by atoms with Crippen LogP contribution in [0.5, 0.6) is 0 Å². The first-order chi connectivity index (χ1) is 13.7. The molecule has 0 radical (unpaired) electrons. The van der Waals surface area contributed by atoms with Gasteiger partial charge >= 0.3 is 6.01 Å². The third-order valence-corrected chi connectivity index (χ3v) is 4.73. The van der Waals surface area contributed by atoms with Gasteiger partial charge in [0, 0.05) is 23.7 Å². The van der Waals surface area contributed by atoms with Crippen LogP contribution in [0.1, 0.15) is 27.9 Å². The summed E-state index contributed by atoms with van der Waals surface area (Å²) in [7, 11) is 0. The summed E-state index contributed by atoms with van der Waals surface area (Å²) in [6, 6.07) is 16.1. The number of aromatic nitrogens is 2. The molecule has 144 valence electrons. The van der Waals surface area contributed by atoms with Gasteiger partial charge in [0.2, 0.25) is 5.89 Å². The lowest BCUT2D eigenvalue weighted by atomic mass is 10.1. The van der Waals surface area contributed by atoms with Gasteiger partial charge in [-0.3, -0.25) is 4.79 Å². The first kappa shape index (κ1) is 18.5. The Balaban J connectivity index is 1.60. The number of nitrogens with one attached hydrogen (secondary N) is 1. The molecule has 1 fully saturated rings. The zero-order valence-corrected chi connectivity index (χ0v) is 15.8. The van der Waals surface area contributed by atoms with E-state index < -0.39 is 6.04 Å². The number of carbonyl (C=O) groups is 1. The third-order valence-electron chi connectivity index (χ3n) is 4.47. The quantitative estimate of drug-likeness (QED) is 0.711. The van der Waals surface area contributed by atoms with Crippen molar-refractivity contribution in [3.05, 3.63) is 76.6 Å². The van der Waals surface area contributed by atoms with Crippen LogP contribution in [-0.2, 0) is 4.74 Å². The number of hydrogen-bond acceptors (Lipinski definition) is 6. The van der Waals surface area contributed by atoms with E-state index in [1.807, 2.05) is 35.2 Å². The Morgan fingerprint density at radius 1 is 1.04 bits per heavy atom. The largest absolute Gasteiger partial charge is 0.405 e. The van der Waals surface area contributed by atoms with E-state index in [2.05, 4.69) is 15.5 Å². The lowest BCUT2D eigenvalue weighted by Gasteiger charge is -2.24. The summed E-state index contributed by atoms with van der Waals surface area (Å²) < 4.78 is 11.3. The maximum absolute atomic E-state index is 12.8. The van der Waals surface area contributed by atoms with Gasteiger partial charge in [0.05, 0.1) is 13.2 Å². The third kappa shape index (κ3) is 4.16. The summed E-state index contributed by atoms with van der Waals surface area (Å²) in [5, 5.41) is 11.9. The molecule has 1 aliphatic rings. The highest BCUT2D eigenvalue weighted by atomic mass is 35.5. The van der Waals surface area contributed by atoms with E-state index in [1.165, 1.54) is 0 Å². The first-order valence-electron chi connectivity index (χ1n) is 8.98. The number of ether oxygens (including phenoxy) is 1. The summed E-state index contributed by atoms with van der Waals surface area (Å²) in [4.78, 5) is 14.7. The van der Waals surface area contributed by atoms with Crippen LogP contribution in [0.2, 0.25) is 5.02 Å². The first-order valence-corrected chi connectivity index (χ1v) is 9.36. The molecule has 0 bridgehead atoms. The van der Waals surface area contributed by atoms with E-state index in [0.717, 1.165) is 5.56 Å². The van der Waals surface area contributed by atoms with Crippen molar-refractivity contribution in [3.63, 3.8) is 0 Å². The van der Waals surface area contributed by atoms with E-state index in [4.69, 9.17) is 20.8 Å². The summed E-state index contributed by atoms with van der Waals surface area (Å²) >= 11 is 5.91. The fourth-order valence-corrected chi connectivity index (χ4v) is 3.10. The predicted octanol–water partition coefficient (Wildman–Crippen LogP) is 3.08. The lowest BCUT2D eigenvalue weighted by molar-refractivity contribution is 0.0937. The Morgan fingerprint density at radius 3 is 2.46 bits per heavy atom. The number of rotatable bonds is 5. The van der Waals surface area contributed by atoms with Crippen LogP contribution in [0.3, 0.4) is 0 Å². The molecule has 28 heavy (non-hydrogen) atoms. The molecule has 1 N–H and O–H groups in total. The summed E-state index contributed by atoms with van der Waals surface area (Å²) in [6.45, 7) is 2.61. The van der Waals surface area contributed by atoms with E-state index in [-0.39, 0.29) is 5.91 Å². The zero-order valence-electron chi connectivity index (χ0n) is 15.0. The molecular weight excluding hydrogens is 380 g/mol. The normalized spacial score (nSPS) is 15.2. The average molecular weight is 399 g/mol. The highest BCUT2D eigenvalue weighted by Gasteiger charge is 2.25. The van der Waals surface area contributed by atoms with Crippen molar-refractivity contribution in [1.29, 1.82) is 0 Å². The SMILES string of the molecule is O=C(NC(c1ccccc1)c1nnc(N2CCOCC2)o1)c1ccc(Cl)cc1. The van der Waals surface area contributed by atoms with Gasteiger partial charge in [-0.1, -0.05) is 47.0 Å². The van der Waals surface area contributed by atoms with E-state index >= 15 is 0 Å². The molecule has 0 spiro atoms. The van der Waals surface area contributed by atoms with Gasteiger partial charge in [0.15, 0.2) is 0 Å². The molecule has 1 aliphatic heterocycles. The summed E-state index contributed by atoms with van der Waals surface area (Å²) in [5.74, 6) is 0.0756. The van der Waals surface area contributed by atoms with E-state index in [0.29, 0.717) is 48.8 Å². The number of hydrogen-bond donors (Lipinski definition) is 1. The Hall–Kier alpha value is -2.90. The molecule has 4 rings (SSSR count). The zero-order chi connectivity index (χ0) is 19.3. The highest BCUT2D eigenvalue weighted by Crippen LogP contribution is 2.25. The number of anilines is 1. The van der Waals surface area contributed by atoms with Crippen molar-refractivity contribution >= 4 is 23.5 Å². The maximum Gasteiger partial charge on any atom is 0.318 e. The van der Waals surface area contributed by atoms with Crippen LogP contribution in [-0.4, -0.2) is 42.4 Å². The smallest absolute Gasteiger partial charge is 0.318 e. The van der Waals surface area contributed by atoms with Crippen LogP contribution >= 0.6 is 11.6 Å². The Bertz CT molecular complexity index is 924. The number of carbonyl (C=O) groups excluding carboxylic acids is 1. The van der Waals surface area contributed by atoms with Gasteiger partial charge in [-0.05, 0) is 29.8 Å². The van der Waals surface area contributed by atoms with Gasteiger partial charge in [-0.25, -0.2) is 0 Å². The molecule has 1 aromatic heterocycles. The van der Waals surface area contributed by atoms with Crippen molar-refractivity contribution in [1.82, 2.24) is 15.5 Å². The minimum Gasteiger partial charge on any atom is -0.405 e. The van der Waals surface area contributed by atoms with Crippen LogP contribution in [0.15, 0.2) is 59.0 Å². The predicted molar refractivity (Wildman–Crippen MR) is 105 cm³/mol. The second kappa shape index (κ2) is 8.41. The summed E-state index contributed by atoms with van der Waals surface area (Å²) in [6.07, 6.45) is 0. The Labute approximate surface area is 167 Å². The van der Waals surface area contributed by atoms with Gasteiger partial charge < -0.3 is 19.4 Å². The van der Waals surface area contributed by atoms with Crippen LogP contribution in [0.4, 0.5) is 6.01 Å². The topological polar surface area (TPSA) is 80.5 Å². The lowest BCUT2D eigenvalue weighted by Crippen LogP contribution is -2.36. The Morgan fingerprint density at radius 2 is 1.75 bits per heavy atom. The molecule has 1 amide bonds. The fraction of sp³-hybridized carbons (Fsp3) is 0.250. The number of halogens is 1. The van der Waals surface area contributed by atoms with Crippen LogP contribution < -0.4 is 10.2 Å². The fourth-order valence-electron chi connectivity index (χ4n) is 2.97. The highest BCUT2D eigenvalue weighted by molar-refractivity contribution is 6.30. The van der Waals surface area contributed by atoms with E-state index in [1.54, 1.807) is 24.3 Å². The van der Waals surface area contributed by atoms with Gasteiger partial charge in [-0.15, -0.1) is 5.10 Å². The van der Waals surface area contributed by atoms with Gasteiger partial charge in [-0.2, -0.15) is 0 Å². The minimum atomic E-state index is -0.563. The molecule has 1 saturated heterocycles. The van der Waals surface area contributed by atoms with Crippen molar-refractivity contribution in [2.24, 2.45) is 0 Å². The number of amides is 1.